The lowest BCUT2D eigenvalue weighted by Gasteiger charge is -2.36. The molecule has 9 heteroatoms. The van der Waals surface area contributed by atoms with Crippen molar-refractivity contribution in [3.05, 3.63) is 29.3 Å². The number of nitrogens with zero attached hydrogens (tertiary/aromatic N) is 1. The van der Waals surface area contributed by atoms with Crippen molar-refractivity contribution in [2.45, 2.75) is 116 Å². The summed E-state index contributed by atoms with van der Waals surface area (Å²) in [6, 6.07) is 3.42. The van der Waals surface area contributed by atoms with Crippen LogP contribution in [0.2, 0.25) is 0 Å². The van der Waals surface area contributed by atoms with Crippen LogP contribution in [0.4, 0.5) is 4.79 Å². The molecule has 220 valence electrons. The van der Waals surface area contributed by atoms with E-state index in [0.29, 0.717) is 29.8 Å². The molecule has 1 aliphatic rings. The third-order valence-corrected chi connectivity index (χ3v) is 7.58. The molecule has 0 bridgehead atoms. The lowest BCUT2D eigenvalue weighted by molar-refractivity contribution is -0.143. The second-order valence-electron chi connectivity index (χ2n) is 11.5. The number of carbonyl (C=O) groups is 3. The largest absolute Gasteiger partial charge is 0.508 e. The number of thioether (sulfide) groups is 1. The van der Waals surface area contributed by atoms with E-state index in [1.807, 2.05) is 6.26 Å². The van der Waals surface area contributed by atoms with Crippen LogP contribution in [0.1, 0.15) is 103 Å². The lowest BCUT2D eigenvalue weighted by atomic mass is 9.94. The normalized spacial score (nSPS) is 15.7. The molecule has 0 aliphatic heterocycles. The third kappa shape index (κ3) is 10.9. The number of aromatic hydroxyl groups is 1. The number of nitrogens with one attached hydrogen (secondary N) is 2. The summed E-state index contributed by atoms with van der Waals surface area (Å²) in [5.41, 5.74) is 0.573. The summed E-state index contributed by atoms with van der Waals surface area (Å²) in [7, 11) is 0. The fourth-order valence-electron chi connectivity index (χ4n) is 4.89. The molecule has 3 N–H and O–H groups in total. The summed E-state index contributed by atoms with van der Waals surface area (Å²) in [6.07, 6.45) is 9.47. The molecule has 8 nitrogen and oxygen atoms in total. The summed E-state index contributed by atoms with van der Waals surface area (Å²) in [5.74, 6) is 0.267. The van der Waals surface area contributed by atoms with Gasteiger partial charge in [0.1, 0.15) is 23.4 Å². The Kier molecular flexibility index (Phi) is 13.4. The van der Waals surface area contributed by atoms with Gasteiger partial charge >= 0.3 is 6.09 Å². The van der Waals surface area contributed by atoms with Crippen molar-refractivity contribution in [3.8, 4) is 5.75 Å². The Morgan fingerprint density at radius 1 is 1.15 bits per heavy atom. The number of hydrogen-bond donors (Lipinski definition) is 3. The van der Waals surface area contributed by atoms with E-state index < -0.39 is 23.8 Å². The number of ether oxygens (including phenoxy) is 1. The minimum Gasteiger partial charge on any atom is -0.508 e. The van der Waals surface area contributed by atoms with Gasteiger partial charge in [-0.15, -0.1) is 0 Å². The highest BCUT2D eigenvalue weighted by atomic mass is 32.2. The molecule has 2 atom stereocenters. The van der Waals surface area contributed by atoms with E-state index in [1.165, 1.54) is 6.42 Å². The summed E-state index contributed by atoms with van der Waals surface area (Å²) >= 11 is 1.59. The molecule has 1 aliphatic carbocycles. The van der Waals surface area contributed by atoms with E-state index in [2.05, 4.69) is 17.6 Å². The molecule has 3 amide bonds. The van der Waals surface area contributed by atoms with Crippen molar-refractivity contribution < 1.29 is 24.2 Å². The summed E-state index contributed by atoms with van der Waals surface area (Å²) in [4.78, 5) is 42.5. The Hall–Kier alpha value is -2.42. The summed E-state index contributed by atoms with van der Waals surface area (Å²) in [5, 5.41) is 16.2. The van der Waals surface area contributed by atoms with Gasteiger partial charge in [0.25, 0.3) is 0 Å². The smallest absolute Gasteiger partial charge is 0.408 e. The van der Waals surface area contributed by atoms with E-state index >= 15 is 0 Å². The van der Waals surface area contributed by atoms with Crippen LogP contribution in [-0.2, 0) is 14.3 Å². The molecule has 0 spiro atoms. The van der Waals surface area contributed by atoms with Crippen LogP contribution in [-0.4, -0.2) is 64.2 Å². The highest BCUT2D eigenvalue weighted by Crippen LogP contribution is 2.29. The van der Waals surface area contributed by atoms with Crippen LogP contribution < -0.4 is 10.6 Å². The number of unbranched alkanes of at least 4 members (excludes halogenated alkanes) is 2. The number of rotatable bonds is 13. The Morgan fingerprint density at radius 2 is 1.85 bits per heavy atom. The van der Waals surface area contributed by atoms with Gasteiger partial charge in [0, 0.05) is 12.6 Å². The van der Waals surface area contributed by atoms with Crippen LogP contribution in [0.3, 0.4) is 0 Å². The van der Waals surface area contributed by atoms with Gasteiger partial charge in [0.2, 0.25) is 11.8 Å². The molecule has 0 saturated heterocycles. The van der Waals surface area contributed by atoms with Gasteiger partial charge in [-0.1, -0.05) is 45.1 Å². The number of aryl methyl sites for hydroxylation is 1. The monoisotopic (exact) mass is 563 g/mol. The SMILES string of the molecule is CCCCCN(C(=O)C(CCSC)NC(=O)OC(C)(C)C)C(C(=O)NC1CCCCC1)c1ccc(O)c(C)c1. The van der Waals surface area contributed by atoms with Crippen LogP contribution in [0.5, 0.6) is 5.75 Å². The van der Waals surface area contributed by atoms with Gasteiger partial charge in [-0.05, 0) is 88.6 Å². The molecule has 1 saturated carbocycles. The maximum atomic E-state index is 14.2. The fourth-order valence-corrected chi connectivity index (χ4v) is 5.36. The quantitative estimate of drug-likeness (QED) is 0.260. The minimum absolute atomic E-state index is 0.0757. The van der Waals surface area contributed by atoms with Crippen LogP contribution >= 0.6 is 11.8 Å². The van der Waals surface area contributed by atoms with E-state index in [-0.39, 0.29) is 23.6 Å². The molecule has 0 aromatic heterocycles. The highest BCUT2D eigenvalue weighted by molar-refractivity contribution is 7.98. The summed E-state index contributed by atoms with van der Waals surface area (Å²) in [6.45, 7) is 9.59. The number of alkyl carbamates (subject to hydrolysis) is 1. The molecule has 1 fully saturated rings. The van der Waals surface area contributed by atoms with E-state index in [1.54, 1.807) is 62.6 Å². The van der Waals surface area contributed by atoms with Crippen LogP contribution in [0, 0.1) is 6.92 Å². The number of amides is 3. The van der Waals surface area contributed by atoms with Crippen LogP contribution in [0.15, 0.2) is 18.2 Å². The third-order valence-electron chi connectivity index (χ3n) is 6.93. The predicted octanol–water partition coefficient (Wildman–Crippen LogP) is 5.86. The number of phenols is 1. The van der Waals surface area contributed by atoms with Gasteiger partial charge in [-0.2, -0.15) is 11.8 Å². The van der Waals surface area contributed by atoms with E-state index in [0.717, 1.165) is 44.9 Å². The molecule has 39 heavy (non-hydrogen) atoms. The number of phenolic OH excluding ortho intramolecular Hbond substituents is 1. The second-order valence-corrected chi connectivity index (χ2v) is 12.5. The van der Waals surface area contributed by atoms with Crippen molar-refractivity contribution in [1.82, 2.24) is 15.5 Å². The van der Waals surface area contributed by atoms with Crippen LogP contribution in [0.25, 0.3) is 0 Å². The van der Waals surface area contributed by atoms with Crippen molar-refractivity contribution in [2.24, 2.45) is 0 Å². The molecule has 1 aromatic rings. The van der Waals surface area contributed by atoms with Crippen molar-refractivity contribution >= 4 is 29.7 Å². The number of carbonyl (C=O) groups excluding carboxylic acids is 3. The molecule has 0 radical (unpaired) electrons. The zero-order valence-corrected chi connectivity index (χ0v) is 25.5. The number of hydrogen-bond acceptors (Lipinski definition) is 6. The lowest BCUT2D eigenvalue weighted by Crippen LogP contribution is -2.54. The fraction of sp³-hybridized carbons (Fsp3) is 0.700. The molecular weight excluding hydrogens is 514 g/mol. The zero-order valence-electron chi connectivity index (χ0n) is 24.7. The first kappa shape index (κ1) is 32.8. The van der Waals surface area contributed by atoms with Crippen molar-refractivity contribution in [3.63, 3.8) is 0 Å². The predicted molar refractivity (Wildman–Crippen MR) is 158 cm³/mol. The topological polar surface area (TPSA) is 108 Å². The Labute approximate surface area is 239 Å². The molecule has 1 aromatic carbocycles. The maximum Gasteiger partial charge on any atom is 0.408 e. The number of benzene rings is 1. The van der Waals surface area contributed by atoms with Gasteiger partial charge in [0.15, 0.2) is 0 Å². The average molecular weight is 564 g/mol. The molecule has 2 rings (SSSR count). The molecule has 0 heterocycles. The highest BCUT2D eigenvalue weighted by Gasteiger charge is 2.37. The van der Waals surface area contributed by atoms with Crippen molar-refractivity contribution in [1.29, 1.82) is 0 Å². The molecular formula is C30H49N3O5S. The Bertz CT molecular complexity index is 943. The van der Waals surface area contributed by atoms with E-state index in [9.17, 15) is 19.5 Å². The second kappa shape index (κ2) is 16.0. The van der Waals surface area contributed by atoms with Gasteiger partial charge < -0.3 is 25.4 Å². The first-order valence-electron chi connectivity index (χ1n) is 14.4. The summed E-state index contributed by atoms with van der Waals surface area (Å²) < 4.78 is 5.46. The standard InChI is InChI=1S/C30H49N3O5S/c1-7-8-12-18-33(28(36)24(17-19-39-6)32-29(37)38-30(3,4)5)26(22-15-16-25(34)21(2)20-22)27(35)31-23-13-10-9-11-14-23/h15-16,20,23-24,26,34H,7-14,17-19H2,1-6H3,(H,31,35)(H,32,37). The average Bonchev–Trinajstić information content (AvgIpc) is 2.87. The van der Waals surface area contributed by atoms with Gasteiger partial charge in [-0.25, -0.2) is 4.79 Å². The van der Waals surface area contributed by atoms with Gasteiger partial charge in [0.05, 0.1) is 0 Å². The first-order chi connectivity index (χ1) is 18.5. The minimum atomic E-state index is -0.882. The Balaban J connectivity index is 2.48. The Morgan fingerprint density at radius 3 is 2.44 bits per heavy atom. The van der Waals surface area contributed by atoms with E-state index in [4.69, 9.17) is 4.74 Å². The zero-order chi connectivity index (χ0) is 29.0. The van der Waals surface area contributed by atoms with Crippen molar-refractivity contribution in [2.75, 3.05) is 18.6 Å². The molecule has 2 unspecified atom stereocenters. The van der Waals surface area contributed by atoms with Gasteiger partial charge in [-0.3, -0.25) is 9.59 Å². The maximum absolute atomic E-state index is 14.2. The first-order valence-corrected chi connectivity index (χ1v) is 15.7.